The number of hydrogen-bond donors (Lipinski definition) is 0. The van der Waals surface area contributed by atoms with Gasteiger partial charge in [-0.2, -0.15) is 0 Å². The molecule has 2 rings (SSSR count). The van der Waals surface area contributed by atoms with Gasteiger partial charge in [0.2, 0.25) is 0 Å². The molecular weight excluding hydrogens is 224 g/mol. The van der Waals surface area contributed by atoms with E-state index in [0.717, 1.165) is 16.8 Å². The van der Waals surface area contributed by atoms with Gasteiger partial charge in [-0.05, 0) is 31.2 Å². The Morgan fingerprint density at radius 2 is 2.22 bits per heavy atom. The number of aliphatic imine (C=N–C) groups is 1. The van der Waals surface area contributed by atoms with Gasteiger partial charge in [-0.3, -0.25) is 4.99 Å². The van der Waals surface area contributed by atoms with Gasteiger partial charge >= 0.3 is 0 Å². The third kappa shape index (κ3) is 2.38. The average Bonchev–Trinajstić information content (AvgIpc) is 2.71. The van der Waals surface area contributed by atoms with Crippen molar-refractivity contribution in [3.63, 3.8) is 0 Å². The standard InChI is InChI=1S/C15H16N2O/c1-4-5-8-16-11-13-9-12-10-14(18-3)6-7-15(12)17(13)2/h6-7,9-11H,8H2,1-3H3. The van der Waals surface area contributed by atoms with Crippen LogP contribution >= 0.6 is 0 Å². The number of benzene rings is 1. The summed E-state index contributed by atoms with van der Waals surface area (Å²) < 4.78 is 7.33. The molecule has 0 N–H and O–H groups in total. The summed E-state index contributed by atoms with van der Waals surface area (Å²) in [6.07, 6.45) is 1.86. The van der Waals surface area contributed by atoms with E-state index in [-0.39, 0.29) is 0 Å². The zero-order chi connectivity index (χ0) is 13.0. The Labute approximate surface area is 107 Å². The quantitative estimate of drug-likeness (QED) is 0.598. The summed E-state index contributed by atoms with van der Waals surface area (Å²) in [6.45, 7) is 2.36. The molecule has 18 heavy (non-hydrogen) atoms. The summed E-state index contributed by atoms with van der Waals surface area (Å²) in [5.74, 6) is 6.60. The monoisotopic (exact) mass is 240 g/mol. The van der Waals surface area contributed by atoms with Crippen LogP contribution in [0.5, 0.6) is 5.75 Å². The Kier molecular flexibility index (Phi) is 3.69. The number of ether oxygens (including phenoxy) is 1. The van der Waals surface area contributed by atoms with E-state index >= 15 is 0 Å². The first kappa shape index (κ1) is 12.3. The Hall–Kier alpha value is -2.21. The van der Waals surface area contributed by atoms with Crippen molar-refractivity contribution in [1.29, 1.82) is 0 Å². The minimum Gasteiger partial charge on any atom is -0.497 e. The molecule has 0 saturated heterocycles. The molecule has 0 radical (unpaired) electrons. The predicted molar refractivity (Wildman–Crippen MR) is 75.4 cm³/mol. The minimum atomic E-state index is 0.543. The molecule has 3 nitrogen and oxygen atoms in total. The van der Waals surface area contributed by atoms with E-state index in [1.165, 1.54) is 5.52 Å². The molecule has 92 valence electrons. The molecule has 0 bridgehead atoms. The van der Waals surface area contributed by atoms with Crippen LogP contribution in [0.4, 0.5) is 0 Å². The topological polar surface area (TPSA) is 26.5 Å². The van der Waals surface area contributed by atoms with Crippen LogP contribution < -0.4 is 4.74 Å². The van der Waals surface area contributed by atoms with Crippen LogP contribution in [0.2, 0.25) is 0 Å². The zero-order valence-corrected chi connectivity index (χ0v) is 10.9. The second-order valence-electron chi connectivity index (χ2n) is 3.95. The van der Waals surface area contributed by atoms with E-state index in [9.17, 15) is 0 Å². The van der Waals surface area contributed by atoms with Crippen molar-refractivity contribution in [3.05, 3.63) is 30.0 Å². The van der Waals surface area contributed by atoms with Gasteiger partial charge in [0.05, 0.1) is 19.3 Å². The summed E-state index contributed by atoms with van der Waals surface area (Å²) in [4.78, 5) is 4.28. The molecule has 0 aliphatic rings. The fraction of sp³-hybridized carbons (Fsp3) is 0.267. The molecule has 0 atom stereocenters. The van der Waals surface area contributed by atoms with E-state index in [1.54, 1.807) is 7.11 Å². The fourth-order valence-electron chi connectivity index (χ4n) is 1.86. The first-order valence-electron chi connectivity index (χ1n) is 5.79. The highest BCUT2D eigenvalue weighted by molar-refractivity contribution is 5.91. The number of rotatable bonds is 3. The third-order valence-electron chi connectivity index (χ3n) is 2.86. The van der Waals surface area contributed by atoms with Crippen LogP contribution in [0.1, 0.15) is 12.6 Å². The maximum atomic E-state index is 5.22. The molecule has 3 heteroatoms. The van der Waals surface area contributed by atoms with Crippen molar-refractivity contribution in [2.24, 2.45) is 12.0 Å². The highest BCUT2D eigenvalue weighted by Gasteiger charge is 2.04. The van der Waals surface area contributed by atoms with Gasteiger partial charge in [0.1, 0.15) is 5.75 Å². The van der Waals surface area contributed by atoms with Crippen LogP contribution in [0.15, 0.2) is 29.3 Å². The van der Waals surface area contributed by atoms with Crippen molar-refractivity contribution >= 4 is 17.1 Å². The summed E-state index contributed by atoms with van der Waals surface area (Å²) in [6, 6.07) is 8.14. The lowest BCUT2D eigenvalue weighted by Crippen LogP contribution is -1.94. The maximum Gasteiger partial charge on any atom is 0.119 e. The lowest BCUT2D eigenvalue weighted by molar-refractivity contribution is 0.415. The SMILES string of the molecule is CC#CCN=Cc1cc2cc(OC)ccc2n1C. The highest BCUT2D eigenvalue weighted by Crippen LogP contribution is 2.22. The summed E-state index contributed by atoms with van der Waals surface area (Å²) in [7, 11) is 3.71. The van der Waals surface area contributed by atoms with E-state index in [0.29, 0.717) is 6.54 Å². The normalized spacial score (nSPS) is 10.6. The van der Waals surface area contributed by atoms with Crippen LogP contribution in [0.3, 0.4) is 0 Å². The molecule has 1 aromatic heterocycles. The maximum absolute atomic E-state index is 5.22. The van der Waals surface area contributed by atoms with Crippen molar-refractivity contribution in [3.8, 4) is 17.6 Å². The van der Waals surface area contributed by atoms with Gasteiger partial charge in [0.15, 0.2) is 0 Å². The van der Waals surface area contributed by atoms with Crippen molar-refractivity contribution in [2.75, 3.05) is 13.7 Å². The van der Waals surface area contributed by atoms with Crippen molar-refractivity contribution in [1.82, 2.24) is 4.57 Å². The summed E-state index contributed by atoms with van der Waals surface area (Å²) in [5, 5.41) is 1.15. The van der Waals surface area contributed by atoms with Gasteiger partial charge in [-0.15, -0.1) is 5.92 Å². The van der Waals surface area contributed by atoms with Crippen LogP contribution in [0.25, 0.3) is 10.9 Å². The first-order valence-corrected chi connectivity index (χ1v) is 5.79. The molecule has 2 aromatic rings. The Balaban J connectivity index is 2.36. The molecular formula is C15H16N2O. The van der Waals surface area contributed by atoms with E-state index in [2.05, 4.69) is 33.5 Å². The lowest BCUT2D eigenvalue weighted by atomic mass is 10.2. The smallest absolute Gasteiger partial charge is 0.119 e. The van der Waals surface area contributed by atoms with Gasteiger partial charge in [-0.1, -0.05) is 5.92 Å². The highest BCUT2D eigenvalue weighted by atomic mass is 16.5. The number of aromatic nitrogens is 1. The molecule has 0 unspecified atom stereocenters. The Morgan fingerprint density at radius 3 is 2.94 bits per heavy atom. The number of methoxy groups -OCH3 is 1. The zero-order valence-electron chi connectivity index (χ0n) is 10.9. The van der Waals surface area contributed by atoms with Gasteiger partial charge < -0.3 is 9.30 Å². The van der Waals surface area contributed by atoms with Crippen LogP contribution in [-0.4, -0.2) is 24.4 Å². The molecule has 0 amide bonds. The molecule has 0 aliphatic carbocycles. The van der Waals surface area contributed by atoms with Gasteiger partial charge in [0.25, 0.3) is 0 Å². The number of hydrogen-bond acceptors (Lipinski definition) is 2. The van der Waals surface area contributed by atoms with Gasteiger partial charge in [-0.25, -0.2) is 0 Å². The van der Waals surface area contributed by atoms with Crippen LogP contribution in [0, 0.1) is 11.8 Å². The summed E-state index contributed by atoms with van der Waals surface area (Å²) in [5.41, 5.74) is 2.23. The van der Waals surface area contributed by atoms with Crippen LogP contribution in [-0.2, 0) is 7.05 Å². The molecule has 0 spiro atoms. The molecule has 1 heterocycles. The predicted octanol–water partition coefficient (Wildman–Crippen LogP) is 2.63. The minimum absolute atomic E-state index is 0.543. The summed E-state index contributed by atoms with van der Waals surface area (Å²) >= 11 is 0. The molecule has 0 fully saturated rings. The van der Waals surface area contributed by atoms with E-state index in [1.807, 2.05) is 32.3 Å². The second kappa shape index (κ2) is 5.42. The largest absolute Gasteiger partial charge is 0.497 e. The third-order valence-corrected chi connectivity index (χ3v) is 2.86. The molecule has 0 saturated carbocycles. The van der Waals surface area contributed by atoms with E-state index in [4.69, 9.17) is 4.74 Å². The lowest BCUT2D eigenvalue weighted by Gasteiger charge is -2.01. The fourth-order valence-corrected chi connectivity index (χ4v) is 1.86. The Morgan fingerprint density at radius 1 is 1.39 bits per heavy atom. The second-order valence-corrected chi connectivity index (χ2v) is 3.95. The molecule has 0 aliphatic heterocycles. The Bertz CT molecular complexity index is 642. The number of aryl methyl sites for hydroxylation is 1. The average molecular weight is 240 g/mol. The van der Waals surface area contributed by atoms with Gasteiger partial charge in [0, 0.05) is 24.2 Å². The van der Waals surface area contributed by atoms with Crippen molar-refractivity contribution < 1.29 is 4.74 Å². The number of nitrogens with zero attached hydrogens (tertiary/aromatic N) is 2. The van der Waals surface area contributed by atoms with Crippen molar-refractivity contribution in [2.45, 2.75) is 6.92 Å². The first-order chi connectivity index (χ1) is 8.76. The van der Waals surface area contributed by atoms with E-state index < -0.39 is 0 Å². The number of fused-ring (bicyclic) bond motifs is 1. The molecule has 1 aromatic carbocycles.